The quantitative estimate of drug-likeness (QED) is 0.834. The number of aromatic nitrogens is 2. The number of aryl methyl sites for hydroxylation is 3. The van der Waals surface area contributed by atoms with Gasteiger partial charge in [-0.25, -0.2) is 0 Å². The van der Waals surface area contributed by atoms with E-state index in [0.29, 0.717) is 0 Å². The first-order chi connectivity index (χ1) is 8.58. The standard InChI is InChI=1S/C15H19N3/c1-9-15(10(2)18(3)17-9)12-5-4-11-6-7-14(16)13(11)8-12/h4-5,8,14H,6-7,16H2,1-3H3/t14-/m1/s1. The Morgan fingerprint density at radius 1 is 1.33 bits per heavy atom. The second-order valence-electron chi connectivity index (χ2n) is 5.23. The van der Waals surface area contributed by atoms with E-state index in [1.165, 1.54) is 27.9 Å². The van der Waals surface area contributed by atoms with Gasteiger partial charge in [0.1, 0.15) is 0 Å². The van der Waals surface area contributed by atoms with Crippen molar-refractivity contribution in [2.75, 3.05) is 0 Å². The molecule has 1 aliphatic carbocycles. The number of fused-ring (bicyclic) bond motifs is 1. The van der Waals surface area contributed by atoms with Crippen LogP contribution in [0.25, 0.3) is 11.1 Å². The van der Waals surface area contributed by atoms with Gasteiger partial charge in [0.25, 0.3) is 0 Å². The van der Waals surface area contributed by atoms with Gasteiger partial charge >= 0.3 is 0 Å². The van der Waals surface area contributed by atoms with Crippen LogP contribution >= 0.6 is 0 Å². The summed E-state index contributed by atoms with van der Waals surface area (Å²) in [4.78, 5) is 0. The lowest BCUT2D eigenvalue weighted by molar-refractivity contribution is 0.713. The van der Waals surface area contributed by atoms with Crippen LogP contribution in [0.15, 0.2) is 18.2 Å². The average molecular weight is 241 g/mol. The van der Waals surface area contributed by atoms with Gasteiger partial charge in [0.2, 0.25) is 0 Å². The van der Waals surface area contributed by atoms with Crippen LogP contribution in [0.1, 0.15) is 35.0 Å². The molecule has 0 bridgehead atoms. The highest BCUT2D eigenvalue weighted by atomic mass is 15.3. The van der Waals surface area contributed by atoms with E-state index in [4.69, 9.17) is 5.73 Å². The summed E-state index contributed by atoms with van der Waals surface area (Å²) < 4.78 is 1.94. The third kappa shape index (κ3) is 1.58. The third-order valence-corrected chi connectivity index (χ3v) is 4.07. The maximum absolute atomic E-state index is 6.15. The summed E-state index contributed by atoms with van der Waals surface area (Å²) in [5.41, 5.74) is 13.7. The lowest BCUT2D eigenvalue weighted by Gasteiger charge is -2.08. The molecule has 2 aromatic rings. The molecule has 0 radical (unpaired) electrons. The monoisotopic (exact) mass is 241 g/mol. The molecule has 18 heavy (non-hydrogen) atoms. The van der Waals surface area contributed by atoms with E-state index in [2.05, 4.69) is 37.1 Å². The Labute approximate surface area is 108 Å². The molecular weight excluding hydrogens is 222 g/mol. The van der Waals surface area contributed by atoms with Crippen molar-refractivity contribution in [2.24, 2.45) is 12.8 Å². The van der Waals surface area contributed by atoms with Crippen LogP contribution in [0.3, 0.4) is 0 Å². The highest BCUT2D eigenvalue weighted by Gasteiger charge is 2.20. The van der Waals surface area contributed by atoms with Gasteiger partial charge in [-0.15, -0.1) is 0 Å². The SMILES string of the molecule is Cc1nn(C)c(C)c1-c1ccc2c(c1)[C@H](N)CC2. The minimum absolute atomic E-state index is 0.206. The predicted molar refractivity (Wildman–Crippen MR) is 73.4 cm³/mol. The van der Waals surface area contributed by atoms with Crippen molar-refractivity contribution < 1.29 is 0 Å². The van der Waals surface area contributed by atoms with Crippen LogP contribution in [0.5, 0.6) is 0 Å². The summed E-state index contributed by atoms with van der Waals surface area (Å²) in [6.07, 6.45) is 2.19. The minimum Gasteiger partial charge on any atom is -0.324 e. The van der Waals surface area contributed by atoms with Crippen molar-refractivity contribution in [3.8, 4) is 11.1 Å². The Kier molecular flexibility index (Phi) is 2.52. The zero-order valence-electron chi connectivity index (χ0n) is 11.2. The van der Waals surface area contributed by atoms with Gasteiger partial charge in [-0.2, -0.15) is 5.10 Å². The minimum atomic E-state index is 0.206. The molecular formula is C15H19N3. The molecule has 0 saturated carbocycles. The summed E-state index contributed by atoms with van der Waals surface area (Å²) in [5.74, 6) is 0. The van der Waals surface area contributed by atoms with Gasteiger partial charge in [-0.1, -0.05) is 12.1 Å². The normalized spacial score (nSPS) is 18.1. The van der Waals surface area contributed by atoms with Crippen molar-refractivity contribution in [3.63, 3.8) is 0 Å². The molecule has 0 amide bonds. The fourth-order valence-corrected chi connectivity index (χ4v) is 2.98. The van der Waals surface area contributed by atoms with Gasteiger partial charge in [0, 0.05) is 24.3 Å². The molecule has 0 spiro atoms. The molecule has 1 aliphatic rings. The molecule has 0 aliphatic heterocycles. The number of hydrogen-bond acceptors (Lipinski definition) is 2. The average Bonchev–Trinajstić information content (AvgIpc) is 2.82. The number of benzene rings is 1. The highest BCUT2D eigenvalue weighted by molar-refractivity contribution is 5.70. The molecule has 0 saturated heterocycles. The molecule has 1 heterocycles. The Morgan fingerprint density at radius 2 is 2.11 bits per heavy atom. The summed E-state index contributed by atoms with van der Waals surface area (Å²) in [5, 5.41) is 4.48. The Hall–Kier alpha value is -1.61. The molecule has 2 N–H and O–H groups in total. The second-order valence-corrected chi connectivity index (χ2v) is 5.23. The number of hydrogen-bond donors (Lipinski definition) is 1. The van der Waals surface area contributed by atoms with E-state index < -0.39 is 0 Å². The van der Waals surface area contributed by atoms with Crippen LogP contribution in [0.4, 0.5) is 0 Å². The van der Waals surface area contributed by atoms with Gasteiger partial charge in [0.05, 0.1) is 5.69 Å². The van der Waals surface area contributed by atoms with Crippen molar-refractivity contribution in [1.82, 2.24) is 9.78 Å². The lowest BCUT2D eigenvalue weighted by Crippen LogP contribution is -2.05. The van der Waals surface area contributed by atoms with Gasteiger partial charge < -0.3 is 5.73 Å². The summed E-state index contributed by atoms with van der Waals surface area (Å²) in [6, 6.07) is 6.89. The van der Waals surface area contributed by atoms with Crippen LogP contribution in [-0.4, -0.2) is 9.78 Å². The van der Waals surface area contributed by atoms with Crippen LogP contribution in [-0.2, 0) is 13.5 Å². The Balaban J connectivity index is 2.16. The summed E-state index contributed by atoms with van der Waals surface area (Å²) >= 11 is 0. The van der Waals surface area contributed by atoms with E-state index in [1.807, 2.05) is 11.7 Å². The van der Waals surface area contributed by atoms with E-state index in [-0.39, 0.29) is 6.04 Å². The molecule has 3 heteroatoms. The molecule has 3 nitrogen and oxygen atoms in total. The lowest BCUT2D eigenvalue weighted by atomic mass is 9.98. The Morgan fingerprint density at radius 3 is 2.78 bits per heavy atom. The maximum Gasteiger partial charge on any atom is 0.0674 e. The first-order valence-electron chi connectivity index (χ1n) is 6.47. The topological polar surface area (TPSA) is 43.8 Å². The van der Waals surface area contributed by atoms with Gasteiger partial charge in [-0.3, -0.25) is 4.68 Å². The number of nitrogens with two attached hydrogens (primary N) is 1. The Bertz CT molecular complexity index is 610. The van der Waals surface area contributed by atoms with Gasteiger partial charge in [-0.05, 0) is 49.4 Å². The van der Waals surface area contributed by atoms with E-state index in [1.54, 1.807) is 0 Å². The summed E-state index contributed by atoms with van der Waals surface area (Å²) in [6.45, 7) is 4.18. The van der Waals surface area contributed by atoms with E-state index in [9.17, 15) is 0 Å². The summed E-state index contributed by atoms with van der Waals surface area (Å²) in [7, 11) is 1.99. The van der Waals surface area contributed by atoms with Crippen LogP contribution in [0.2, 0.25) is 0 Å². The van der Waals surface area contributed by atoms with Crippen molar-refractivity contribution >= 4 is 0 Å². The molecule has 3 rings (SSSR count). The second kappa shape index (κ2) is 3.95. The highest BCUT2D eigenvalue weighted by Crippen LogP contribution is 2.34. The molecule has 94 valence electrons. The number of rotatable bonds is 1. The first-order valence-corrected chi connectivity index (χ1v) is 6.47. The van der Waals surface area contributed by atoms with Gasteiger partial charge in [0.15, 0.2) is 0 Å². The number of nitrogens with zero attached hydrogens (tertiary/aromatic N) is 2. The van der Waals surface area contributed by atoms with Crippen molar-refractivity contribution in [1.29, 1.82) is 0 Å². The fraction of sp³-hybridized carbons (Fsp3) is 0.400. The molecule has 0 fully saturated rings. The molecule has 1 aromatic carbocycles. The van der Waals surface area contributed by atoms with Crippen LogP contribution in [0, 0.1) is 13.8 Å². The maximum atomic E-state index is 6.15. The van der Waals surface area contributed by atoms with Crippen LogP contribution < -0.4 is 5.73 Å². The van der Waals surface area contributed by atoms with Crippen molar-refractivity contribution in [2.45, 2.75) is 32.7 Å². The van der Waals surface area contributed by atoms with E-state index in [0.717, 1.165) is 18.5 Å². The first kappa shape index (κ1) is 11.5. The zero-order valence-corrected chi connectivity index (χ0v) is 11.2. The molecule has 1 aromatic heterocycles. The molecule has 0 unspecified atom stereocenters. The third-order valence-electron chi connectivity index (χ3n) is 4.07. The van der Waals surface area contributed by atoms with Crippen molar-refractivity contribution in [3.05, 3.63) is 40.7 Å². The smallest absolute Gasteiger partial charge is 0.0674 e. The largest absolute Gasteiger partial charge is 0.324 e. The fourth-order valence-electron chi connectivity index (χ4n) is 2.98. The zero-order chi connectivity index (χ0) is 12.9. The van der Waals surface area contributed by atoms with E-state index >= 15 is 0 Å². The predicted octanol–water partition coefficient (Wildman–Crippen LogP) is 2.65. The molecule has 1 atom stereocenters.